The molecule has 19 nitrogen and oxygen atoms in total. The van der Waals surface area contributed by atoms with Gasteiger partial charge in [-0.1, -0.05) is 0 Å². The molecule has 4 heterocycles. The second-order valence-electron chi connectivity index (χ2n) is 12.5. The van der Waals surface area contributed by atoms with Crippen LogP contribution in [0.1, 0.15) is 6.92 Å². The maximum Gasteiger partial charge on any atom is 0.239 e. The highest BCUT2D eigenvalue weighted by molar-refractivity contribution is 5.88. The molecule has 3 fully saturated rings. The normalized spacial score (nSPS) is 37.4. The van der Waals surface area contributed by atoms with Crippen LogP contribution in [-0.2, 0) is 23.7 Å². The average molecular weight is 727 g/mol. The zero-order valence-corrected chi connectivity index (χ0v) is 26.6. The minimum absolute atomic E-state index is 0.139. The van der Waals surface area contributed by atoms with Gasteiger partial charge in [-0.15, -0.1) is 0 Å². The molecule has 3 aliphatic rings. The van der Waals surface area contributed by atoms with E-state index in [0.29, 0.717) is 0 Å². The first-order valence-electron chi connectivity index (χ1n) is 15.8. The largest absolute Gasteiger partial charge is 0.508 e. The van der Waals surface area contributed by atoms with Crippen LogP contribution in [0, 0.1) is 0 Å². The number of fused-ring (bicyclic) bond motifs is 1. The van der Waals surface area contributed by atoms with E-state index in [2.05, 4.69) is 0 Å². The van der Waals surface area contributed by atoms with Crippen molar-refractivity contribution < 1.29 is 89.0 Å². The maximum atomic E-state index is 14.0. The van der Waals surface area contributed by atoms with E-state index < -0.39 is 127 Å². The van der Waals surface area contributed by atoms with Crippen LogP contribution < -0.4 is 10.2 Å². The van der Waals surface area contributed by atoms with Crippen molar-refractivity contribution in [2.24, 2.45) is 0 Å². The van der Waals surface area contributed by atoms with Gasteiger partial charge in [0.15, 0.2) is 24.4 Å². The molecule has 0 spiro atoms. The van der Waals surface area contributed by atoms with E-state index in [1.807, 2.05) is 0 Å². The van der Waals surface area contributed by atoms with Gasteiger partial charge in [-0.3, -0.25) is 4.79 Å². The third-order valence-corrected chi connectivity index (χ3v) is 8.90. The van der Waals surface area contributed by atoms with Crippen molar-refractivity contribution in [2.75, 3.05) is 13.2 Å². The molecule has 3 saturated heterocycles. The van der Waals surface area contributed by atoms with Crippen LogP contribution in [0.25, 0.3) is 22.3 Å². The summed E-state index contributed by atoms with van der Waals surface area (Å²) in [7, 11) is 0. The van der Waals surface area contributed by atoms with Crippen molar-refractivity contribution in [3.8, 4) is 34.3 Å². The molecule has 3 aromatic rings. The number of benzene rings is 2. The van der Waals surface area contributed by atoms with Crippen molar-refractivity contribution in [1.29, 1.82) is 0 Å². The predicted octanol–water partition coefficient (Wildman–Crippen LogP) is -2.93. The van der Waals surface area contributed by atoms with E-state index in [4.69, 9.17) is 32.8 Å². The monoisotopic (exact) mass is 726 g/mol. The van der Waals surface area contributed by atoms with Gasteiger partial charge < -0.3 is 89.0 Å². The lowest BCUT2D eigenvalue weighted by atomic mass is 9.98. The standard InChI is InChI=1S/C32H38O19/c1-10-19(37)23(41)26(44)30(47-10)46-9-17-21(39)24(42)29(51-31-25(43)20(38)15(36)8-45-31)32(49-17)50-28-22(40)18-14(35)6-13(34)7-16(18)48-27(28)11-2-4-12(33)5-3-11/h2-7,10,15,17,19-21,23-26,29-39,41-44H,8-9H2,1H3/t10-,15+,17+,19-,20+,21+,23-,24+,25+,26-,29+,30+,31-,32+/m0/s1. The number of ether oxygens (including phenoxy) is 6. The summed E-state index contributed by atoms with van der Waals surface area (Å²) >= 11 is 0. The van der Waals surface area contributed by atoms with E-state index in [9.17, 15) is 61.0 Å². The molecule has 11 N–H and O–H groups in total. The molecule has 14 atom stereocenters. The van der Waals surface area contributed by atoms with Gasteiger partial charge in [0.2, 0.25) is 17.5 Å². The van der Waals surface area contributed by atoms with Crippen LogP contribution in [-0.4, -0.2) is 155 Å². The lowest BCUT2D eigenvalue weighted by Gasteiger charge is -2.45. The number of phenolic OH excluding ortho intramolecular Hbond substituents is 3. The highest BCUT2D eigenvalue weighted by atomic mass is 16.8. The molecule has 1 aromatic heterocycles. The van der Waals surface area contributed by atoms with Gasteiger partial charge >= 0.3 is 0 Å². The molecule has 0 aliphatic carbocycles. The number of hydrogen-bond acceptors (Lipinski definition) is 19. The molecule has 2 aromatic carbocycles. The first kappa shape index (κ1) is 37.1. The molecular formula is C32H38O19. The molecule has 0 bridgehead atoms. The van der Waals surface area contributed by atoms with E-state index in [1.54, 1.807) is 0 Å². The molecule has 0 amide bonds. The Kier molecular flexibility index (Phi) is 10.7. The number of phenols is 3. The second kappa shape index (κ2) is 14.8. The minimum atomic E-state index is -1.99. The summed E-state index contributed by atoms with van der Waals surface area (Å²) in [5.41, 5.74) is -1.15. The topological polar surface area (TPSA) is 308 Å². The van der Waals surface area contributed by atoms with Gasteiger partial charge in [-0.25, -0.2) is 0 Å². The van der Waals surface area contributed by atoms with Crippen LogP contribution in [0.3, 0.4) is 0 Å². The third-order valence-electron chi connectivity index (χ3n) is 8.90. The van der Waals surface area contributed by atoms with Gasteiger partial charge in [0.05, 0.1) is 19.3 Å². The van der Waals surface area contributed by atoms with Crippen molar-refractivity contribution in [3.05, 3.63) is 46.6 Å². The lowest BCUT2D eigenvalue weighted by Crippen LogP contribution is -2.64. The van der Waals surface area contributed by atoms with Crippen LogP contribution >= 0.6 is 0 Å². The number of aromatic hydroxyl groups is 3. The third kappa shape index (κ3) is 7.22. The van der Waals surface area contributed by atoms with E-state index in [-0.39, 0.29) is 22.7 Å². The molecule has 0 radical (unpaired) electrons. The molecule has 19 heteroatoms. The van der Waals surface area contributed by atoms with Crippen molar-refractivity contribution in [3.63, 3.8) is 0 Å². The van der Waals surface area contributed by atoms with Crippen LogP contribution in [0.4, 0.5) is 0 Å². The fraction of sp³-hybridized carbons (Fsp3) is 0.531. The molecule has 51 heavy (non-hydrogen) atoms. The highest BCUT2D eigenvalue weighted by Gasteiger charge is 2.51. The Morgan fingerprint density at radius 2 is 1.43 bits per heavy atom. The van der Waals surface area contributed by atoms with Crippen molar-refractivity contribution >= 4 is 11.0 Å². The molecular weight excluding hydrogens is 688 g/mol. The predicted molar refractivity (Wildman–Crippen MR) is 165 cm³/mol. The summed E-state index contributed by atoms with van der Waals surface area (Å²) in [5, 5.41) is 114. The van der Waals surface area contributed by atoms with E-state index in [1.165, 1.54) is 31.2 Å². The first-order chi connectivity index (χ1) is 24.2. The van der Waals surface area contributed by atoms with Gasteiger partial charge in [0, 0.05) is 17.7 Å². The zero-order valence-electron chi connectivity index (χ0n) is 26.6. The first-order valence-corrected chi connectivity index (χ1v) is 15.8. The Bertz CT molecular complexity index is 1730. The lowest BCUT2D eigenvalue weighted by molar-refractivity contribution is -0.352. The fourth-order valence-electron chi connectivity index (χ4n) is 5.97. The summed E-state index contributed by atoms with van der Waals surface area (Å²) in [5.74, 6) is -2.27. The Balaban J connectivity index is 1.38. The Labute approximate surface area is 287 Å². The SMILES string of the molecule is C[C@@H]1O[C@@H](OC[C@H]2O[C@H](Oc3c(-c4ccc(O)cc4)oc4cc(O)cc(O)c4c3=O)[C@H](O[C@@H]3OC[C@@H](O)[C@@H](O)[C@H]3O)[C@H](O)[C@@H]2O)[C@@H](O)[C@@H](O)[C@H]1O. The van der Waals surface area contributed by atoms with Gasteiger partial charge in [-0.05, 0) is 31.2 Å². The summed E-state index contributed by atoms with van der Waals surface area (Å²) in [4.78, 5) is 14.0. The second-order valence-corrected chi connectivity index (χ2v) is 12.5. The van der Waals surface area contributed by atoms with Crippen LogP contribution in [0.5, 0.6) is 23.0 Å². The molecule has 3 aliphatic heterocycles. The molecule has 0 unspecified atom stereocenters. The van der Waals surface area contributed by atoms with E-state index in [0.717, 1.165) is 12.1 Å². The summed E-state index contributed by atoms with van der Waals surface area (Å²) < 4.78 is 39.9. The minimum Gasteiger partial charge on any atom is -0.508 e. The average Bonchev–Trinajstić information content (AvgIpc) is 3.09. The fourth-order valence-corrected chi connectivity index (χ4v) is 5.97. The Hall–Kier alpha value is -3.67. The number of aliphatic hydroxyl groups is 8. The molecule has 0 saturated carbocycles. The van der Waals surface area contributed by atoms with E-state index >= 15 is 0 Å². The van der Waals surface area contributed by atoms with Crippen LogP contribution in [0.2, 0.25) is 0 Å². The Morgan fingerprint density at radius 1 is 0.745 bits per heavy atom. The zero-order chi connectivity index (χ0) is 36.9. The van der Waals surface area contributed by atoms with Gasteiger partial charge in [0.1, 0.15) is 83.2 Å². The molecule has 6 rings (SSSR count). The number of aliphatic hydroxyl groups excluding tert-OH is 8. The van der Waals surface area contributed by atoms with Crippen molar-refractivity contribution in [1.82, 2.24) is 0 Å². The van der Waals surface area contributed by atoms with Gasteiger partial charge in [0.25, 0.3) is 0 Å². The summed E-state index contributed by atoms with van der Waals surface area (Å²) in [6.07, 6.45) is -23.4. The number of rotatable bonds is 8. The number of hydrogen-bond donors (Lipinski definition) is 11. The maximum absolute atomic E-state index is 14.0. The van der Waals surface area contributed by atoms with Crippen LogP contribution in [0.15, 0.2) is 45.6 Å². The Morgan fingerprint density at radius 3 is 2.14 bits per heavy atom. The van der Waals surface area contributed by atoms with Crippen molar-refractivity contribution in [2.45, 2.75) is 92.9 Å². The molecule has 280 valence electrons. The quantitative estimate of drug-likeness (QED) is 0.111. The smallest absolute Gasteiger partial charge is 0.239 e. The summed E-state index contributed by atoms with van der Waals surface area (Å²) in [6.45, 7) is 0.243. The van der Waals surface area contributed by atoms with Gasteiger partial charge in [-0.2, -0.15) is 0 Å². The summed E-state index contributed by atoms with van der Waals surface area (Å²) in [6, 6.07) is 7.15. The highest BCUT2D eigenvalue weighted by Crippen LogP contribution is 2.38.